The van der Waals surface area contributed by atoms with E-state index in [-0.39, 0.29) is 23.8 Å². The highest BCUT2D eigenvalue weighted by atomic mass is 16.4. The van der Waals surface area contributed by atoms with Crippen LogP contribution in [0.25, 0.3) is 11.4 Å². The molecule has 0 radical (unpaired) electrons. The number of carboxylic acids is 1. The van der Waals surface area contributed by atoms with Gasteiger partial charge in [-0.15, -0.1) is 10.2 Å². The number of benzene rings is 1. The van der Waals surface area contributed by atoms with Crippen LogP contribution in [0.5, 0.6) is 0 Å². The normalized spacial score (nSPS) is 21.0. The molecule has 2 aliphatic rings. The van der Waals surface area contributed by atoms with Gasteiger partial charge < -0.3 is 10.0 Å². The third kappa shape index (κ3) is 3.07. The molecule has 1 amide bonds. The van der Waals surface area contributed by atoms with Crippen LogP contribution >= 0.6 is 0 Å². The van der Waals surface area contributed by atoms with Crippen LogP contribution in [0.2, 0.25) is 0 Å². The fraction of sp³-hybridized carbons (Fsp3) is 0.500. The molecule has 2 aromatic rings. The summed E-state index contributed by atoms with van der Waals surface area (Å²) < 4.78 is 0. The maximum absolute atomic E-state index is 12.5. The van der Waals surface area contributed by atoms with Crippen molar-refractivity contribution in [3.8, 4) is 11.4 Å². The van der Waals surface area contributed by atoms with Gasteiger partial charge >= 0.3 is 5.97 Å². The minimum Gasteiger partial charge on any atom is -0.481 e. The molecule has 0 bridgehead atoms. The summed E-state index contributed by atoms with van der Waals surface area (Å²) in [5, 5.41) is 21.4. The fourth-order valence-corrected chi connectivity index (χ4v) is 3.80. The van der Waals surface area contributed by atoms with E-state index < -0.39 is 5.97 Å². The molecule has 2 fully saturated rings. The Kier molecular flexibility index (Phi) is 3.97. The Labute approximate surface area is 150 Å². The molecule has 1 spiro atoms. The van der Waals surface area contributed by atoms with Crippen LogP contribution in [0.3, 0.4) is 0 Å². The third-order valence-electron chi connectivity index (χ3n) is 5.64. The van der Waals surface area contributed by atoms with Gasteiger partial charge in [0.2, 0.25) is 11.7 Å². The fourth-order valence-electron chi connectivity index (χ4n) is 3.80. The SMILES string of the molecule is Cc1ccc(-c2nnn(CC(=O)N3CCC4(CC3)CC4C(=O)O)n2)cc1. The van der Waals surface area contributed by atoms with Gasteiger partial charge in [0.05, 0.1) is 5.92 Å². The molecule has 1 aromatic heterocycles. The number of hydrogen-bond acceptors (Lipinski definition) is 5. The first-order chi connectivity index (χ1) is 12.5. The van der Waals surface area contributed by atoms with E-state index >= 15 is 0 Å². The molecule has 1 unspecified atom stereocenters. The Morgan fingerprint density at radius 2 is 1.92 bits per heavy atom. The van der Waals surface area contributed by atoms with Crippen molar-refractivity contribution in [2.45, 2.75) is 32.7 Å². The number of carbonyl (C=O) groups is 2. The summed E-state index contributed by atoms with van der Waals surface area (Å²) in [6.07, 6.45) is 2.26. The van der Waals surface area contributed by atoms with E-state index in [4.69, 9.17) is 5.11 Å². The monoisotopic (exact) mass is 355 g/mol. The van der Waals surface area contributed by atoms with Gasteiger partial charge in [0.15, 0.2) is 0 Å². The zero-order chi connectivity index (χ0) is 18.3. The number of amides is 1. The van der Waals surface area contributed by atoms with Crippen molar-refractivity contribution >= 4 is 11.9 Å². The predicted molar refractivity (Wildman–Crippen MR) is 92.0 cm³/mol. The Hall–Kier alpha value is -2.77. The standard InChI is InChI=1S/C18H21N5O3/c1-12-2-4-13(5-3-12)16-19-21-23(20-16)11-15(24)22-8-6-18(7-9-22)10-14(18)17(25)26/h2-5,14H,6-11H2,1H3,(H,25,26). The lowest BCUT2D eigenvalue weighted by molar-refractivity contribution is -0.140. The minimum atomic E-state index is -0.708. The first-order valence-electron chi connectivity index (χ1n) is 8.82. The van der Waals surface area contributed by atoms with Crippen LogP contribution in [0.15, 0.2) is 24.3 Å². The number of likely N-dealkylation sites (tertiary alicyclic amines) is 1. The minimum absolute atomic E-state index is 0.0498. The number of carbonyl (C=O) groups excluding carboxylic acids is 1. The smallest absolute Gasteiger partial charge is 0.307 e. The van der Waals surface area contributed by atoms with E-state index in [1.807, 2.05) is 31.2 Å². The molecule has 1 N–H and O–H groups in total. The zero-order valence-corrected chi connectivity index (χ0v) is 14.6. The van der Waals surface area contributed by atoms with Crippen LogP contribution in [0.4, 0.5) is 0 Å². The predicted octanol–water partition coefficient (Wildman–Crippen LogP) is 1.36. The molecule has 1 aliphatic heterocycles. The Morgan fingerprint density at radius 3 is 2.54 bits per heavy atom. The molecule has 4 rings (SSSR count). The first-order valence-corrected chi connectivity index (χ1v) is 8.82. The summed E-state index contributed by atoms with van der Waals surface area (Å²) in [4.78, 5) is 26.7. The number of aromatic nitrogens is 4. The molecule has 1 atom stereocenters. The van der Waals surface area contributed by atoms with Crippen molar-refractivity contribution in [2.24, 2.45) is 11.3 Å². The van der Waals surface area contributed by atoms with E-state index in [1.165, 1.54) is 4.80 Å². The lowest BCUT2D eigenvalue weighted by atomic mass is 9.91. The number of hydrogen-bond donors (Lipinski definition) is 1. The number of nitrogens with zero attached hydrogens (tertiary/aromatic N) is 5. The van der Waals surface area contributed by atoms with Gasteiger partial charge in [-0.05, 0) is 36.8 Å². The molecule has 8 heteroatoms. The highest BCUT2D eigenvalue weighted by Crippen LogP contribution is 2.59. The van der Waals surface area contributed by atoms with E-state index in [0.29, 0.717) is 18.9 Å². The van der Waals surface area contributed by atoms with Crippen LogP contribution in [0.1, 0.15) is 24.8 Å². The number of aliphatic carboxylic acids is 1. The van der Waals surface area contributed by atoms with E-state index in [9.17, 15) is 9.59 Å². The van der Waals surface area contributed by atoms with E-state index in [1.54, 1.807) is 4.90 Å². The molecule has 136 valence electrons. The number of piperidine rings is 1. The van der Waals surface area contributed by atoms with E-state index in [2.05, 4.69) is 15.4 Å². The lowest BCUT2D eigenvalue weighted by Gasteiger charge is -2.32. The summed E-state index contributed by atoms with van der Waals surface area (Å²) >= 11 is 0. The van der Waals surface area contributed by atoms with Crippen molar-refractivity contribution < 1.29 is 14.7 Å². The van der Waals surface area contributed by atoms with Crippen molar-refractivity contribution in [3.05, 3.63) is 29.8 Å². The number of carboxylic acid groups (broad SMARTS) is 1. The molecule has 1 aromatic carbocycles. The Balaban J connectivity index is 1.34. The molecule has 1 saturated heterocycles. The molecule has 26 heavy (non-hydrogen) atoms. The largest absolute Gasteiger partial charge is 0.481 e. The third-order valence-corrected chi connectivity index (χ3v) is 5.64. The number of rotatable bonds is 4. The van der Waals surface area contributed by atoms with Gasteiger partial charge in [0.25, 0.3) is 0 Å². The number of tetrazole rings is 1. The van der Waals surface area contributed by atoms with Crippen LogP contribution < -0.4 is 0 Å². The summed E-state index contributed by atoms with van der Waals surface area (Å²) in [5.41, 5.74) is 1.94. The Morgan fingerprint density at radius 1 is 1.23 bits per heavy atom. The van der Waals surface area contributed by atoms with Crippen LogP contribution in [-0.4, -0.2) is 55.2 Å². The van der Waals surface area contributed by atoms with Crippen molar-refractivity contribution in [2.75, 3.05) is 13.1 Å². The second kappa shape index (κ2) is 6.19. The lowest BCUT2D eigenvalue weighted by Crippen LogP contribution is -2.41. The maximum atomic E-state index is 12.5. The van der Waals surface area contributed by atoms with Gasteiger partial charge in [-0.3, -0.25) is 9.59 Å². The summed E-state index contributed by atoms with van der Waals surface area (Å²) in [5.74, 6) is -0.494. The second-order valence-electron chi connectivity index (χ2n) is 7.35. The average Bonchev–Trinajstić information content (AvgIpc) is 3.13. The topological polar surface area (TPSA) is 101 Å². The molecule has 1 saturated carbocycles. The van der Waals surface area contributed by atoms with Crippen LogP contribution in [-0.2, 0) is 16.1 Å². The molecule has 2 heterocycles. The maximum Gasteiger partial charge on any atom is 0.307 e. The molecular weight excluding hydrogens is 334 g/mol. The summed E-state index contributed by atoms with van der Waals surface area (Å²) in [6.45, 7) is 3.26. The molecular formula is C18H21N5O3. The highest BCUT2D eigenvalue weighted by Gasteiger charge is 2.59. The number of aryl methyl sites for hydroxylation is 1. The second-order valence-corrected chi connectivity index (χ2v) is 7.35. The van der Waals surface area contributed by atoms with Gasteiger partial charge in [-0.1, -0.05) is 29.8 Å². The zero-order valence-electron chi connectivity index (χ0n) is 14.6. The first kappa shape index (κ1) is 16.7. The van der Waals surface area contributed by atoms with Gasteiger partial charge in [-0.2, -0.15) is 4.80 Å². The van der Waals surface area contributed by atoms with Gasteiger partial charge in [-0.25, -0.2) is 0 Å². The molecule has 1 aliphatic carbocycles. The summed E-state index contributed by atoms with van der Waals surface area (Å²) in [7, 11) is 0. The molecule has 8 nitrogen and oxygen atoms in total. The average molecular weight is 355 g/mol. The van der Waals surface area contributed by atoms with E-state index in [0.717, 1.165) is 30.4 Å². The quantitative estimate of drug-likeness (QED) is 0.889. The summed E-state index contributed by atoms with van der Waals surface area (Å²) in [6, 6.07) is 7.81. The van der Waals surface area contributed by atoms with Gasteiger partial charge in [0.1, 0.15) is 6.54 Å². The van der Waals surface area contributed by atoms with Crippen LogP contribution in [0, 0.1) is 18.3 Å². The highest BCUT2D eigenvalue weighted by molar-refractivity contribution is 5.77. The van der Waals surface area contributed by atoms with Crippen molar-refractivity contribution in [1.29, 1.82) is 0 Å². The van der Waals surface area contributed by atoms with Crippen molar-refractivity contribution in [3.63, 3.8) is 0 Å². The Bertz CT molecular complexity index is 837. The van der Waals surface area contributed by atoms with Gasteiger partial charge in [0, 0.05) is 18.7 Å². The van der Waals surface area contributed by atoms with Crippen molar-refractivity contribution in [1.82, 2.24) is 25.1 Å².